The van der Waals surface area contributed by atoms with Crippen LogP contribution in [0.4, 0.5) is 5.82 Å². The number of ether oxygens (including phenoxy) is 1. The lowest BCUT2D eigenvalue weighted by atomic mass is 10.0. The highest BCUT2D eigenvalue weighted by molar-refractivity contribution is 5.90. The van der Waals surface area contributed by atoms with Crippen LogP contribution in [0.15, 0.2) is 48.7 Å². The third kappa shape index (κ3) is 5.08. The number of para-hydroxylation sites is 1. The first kappa shape index (κ1) is 17.5. The van der Waals surface area contributed by atoms with Gasteiger partial charge in [0.05, 0.1) is 19.1 Å². The van der Waals surface area contributed by atoms with E-state index in [9.17, 15) is 9.59 Å². The van der Waals surface area contributed by atoms with Gasteiger partial charge in [-0.3, -0.25) is 9.59 Å². The molecule has 0 radical (unpaired) electrons. The topological polar surface area (TPSA) is 80.3 Å². The van der Waals surface area contributed by atoms with Crippen LogP contribution in [0.5, 0.6) is 5.75 Å². The fraction of sp³-hybridized carbons (Fsp3) is 0.278. The Kier molecular flexibility index (Phi) is 6.31. The van der Waals surface area contributed by atoms with Gasteiger partial charge in [0.1, 0.15) is 11.6 Å². The van der Waals surface area contributed by atoms with E-state index in [0.29, 0.717) is 18.2 Å². The lowest BCUT2D eigenvalue weighted by Gasteiger charge is -2.20. The lowest BCUT2D eigenvalue weighted by Crippen LogP contribution is -2.30. The number of hydrogen-bond donors (Lipinski definition) is 2. The van der Waals surface area contributed by atoms with Gasteiger partial charge in [0.2, 0.25) is 11.8 Å². The Hall–Kier alpha value is -2.89. The van der Waals surface area contributed by atoms with Gasteiger partial charge in [0.25, 0.3) is 0 Å². The SMILES string of the molecule is CCOc1ccccc1C(CC(=O)Nc1ccccn1)NC(C)=O. The summed E-state index contributed by atoms with van der Waals surface area (Å²) < 4.78 is 5.60. The number of carbonyl (C=O) groups excluding carboxylic acids is 2. The Morgan fingerprint density at radius 1 is 1.17 bits per heavy atom. The molecule has 0 aliphatic rings. The molecule has 1 heterocycles. The van der Waals surface area contributed by atoms with Gasteiger partial charge in [-0.15, -0.1) is 0 Å². The van der Waals surface area contributed by atoms with E-state index in [1.54, 1.807) is 24.4 Å². The summed E-state index contributed by atoms with van der Waals surface area (Å²) in [7, 11) is 0. The van der Waals surface area contributed by atoms with Crippen LogP contribution in [0.25, 0.3) is 0 Å². The lowest BCUT2D eigenvalue weighted by molar-refractivity contribution is -0.120. The Morgan fingerprint density at radius 3 is 2.58 bits per heavy atom. The maximum Gasteiger partial charge on any atom is 0.227 e. The number of anilines is 1. The predicted molar refractivity (Wildman–Crippen MR) is 91.7 cm³/mol. The molecular formula is C18H21N3O3. The van der Waals surface area contributed by atoms with Crippen molar-refractivity contribution in [2.24, 2.45) is 0 Å². The smallest absolute Gasteiger partial charge is 0.227 e. The van der Waals surface area contributed by atoms with Gasteiger partial charge in [-0.1, -0.05) is 24.3 Å². The van der Waals surface area contributed by atoms with Crippen molar-refractivity contribution in [3.8, 4) is 5.75 Å². The number of nitrogens with zero attached hydrogens (tertiary/aromatic N) is 1. The van der Waals surface area contributed by atoms with Gasteiger partial charge in [0.15, 0.2) is 0 Å². The molecule has 0 bridgehead atoms. The molecular weight excluding hydrogens is 306 g/mol. The molecule has 24 heavy (non-hydrogen) atoms. The molecule has 2 N–H and O–H groups in total. The van der Waals surface area contributed by atoms with Crippen LogP contribution in [-0.2, 0) is 9.59 Å². The third-order valence-corrected chi connectivity index (χ3v) is 3.29. The summed E-state index contributed by atoms with van der Waals surface area (Å²) in [5.41, 5.74) is 0.769. The van der Waals surface area contributed by atoms with E-state index in [2.05, 4.69) is 15.6 Å². The van der Waals surface area contributed by atoms with Crippen LogP contribution in [0.1, 0.15) is 31.9 Å². The molecule has 0 saturated carbocycles. The molecule has 0 fully saturated rings. The second-order valence-corrected chi connectivity index (χ2v) is 5.19. The maximum atomic E-state index is 12.3. The van der Waals surface area contributed by atoms with Gasteiger partial charge in [-0.25, -0.2) is 4.98 Å². The van der Waals surface area contributed by atoms with Gasteiger partial charge >= 0.3 is 0 Å². The van der Waals surface area contributed by atoms with Crippen molar-refractivity contribution >= 4 is 17.6 Å². The van der Waals surface area contributed by atoms with E-state index in [1.165, 1.54) is 6.92 Å². The monoisotopic (exact) mass is 327 g/mol. The van der Waals surface area contributed by atoms with Crippen molar-refractivity contribution in [2.75, 3.05) is 11.9 Å². The zero-order valence-corrected chi connectivity index (χ0v) is 13.8. The number of rotatable bonds is 7. The number of nitrogens with one attached hydrogen (secondary N) is 2. The molecule has 6 nitrogen and oxygen atoms in total. The number of aromatic nitrogens is 1. The number of amides is 2. The van der Waals surface area contributed by atoms with E-state index in [-0.39, 0.29) is 18.2 Å². The normalized spacial score (nSPS) is 11.4. The third-order valence-electron chi connectivity index (χ3n) is 3.29. The first-order valence-electron chi connectivity index (χ1n) is 7.80. The van der Waals surface area contributed by atoms with Crippen LogP contribution in [-0.4, -0.2) is 23.4 Å². The summed E-state index contributed by atoms with van der Waals surface area (Å²) in [5, 5.41) is 5.54. The Morgan fingerprint density at radius 2 is 1.92 bits per heavy atom. The molecule has 1 aromatic heterocycles. The summed E-state index contributed by atoms with van der Waals surface area (Å²) in [6.07, 6.45) is 1.69. The summed E-state index contributed by atoms with van der Waals surface area (Å²) >= 11 is 0. The summed E-state index contributed by atoms with van der Waals surface area (Å²) in [6, 6.07) is 12.2. The van der Waals surface area contributed by atoms with E-state index < -0.39 is 6.04 Å². The van der Waals surface area contributed by atoms with E-state index in [0.717, 1.165) is 5.56 Å². The van der Waals surface area contributed by atoms with Crippen LogP contribution in [0.2, 0.25) is 0 Å². The van der Waals surface area contributed by atoms with Gasteiger partial charge in [-0.05, 0) is 25.1 Å². The summed E-state index contributed by atoms with van der Waals surface area (Å²) in [5.74, 6) is 0.683. The molecule has 1 aromatic carbocycles. The van der Waals surface area contributed by atoms with Crippen LogP contribution < -0.4 is 15.4 Å². The van der Waals surface area contributed by atoms with Crippen molar-refractivity contribution < 1.29 is 14.3 Å². The molecule has 2 rings (SSSR count). The zero-order valence-electron chi connectivity index (χ0n) is 13.8. The molecule has 0 aliphatic carbocycles. The van der Waals surface area contributed by atoms with Gasteiger partial charge < -0.3 is 15.4 Å². The van der Waals surface area contributed by atoms with Gasteiger partial charge in [-0.2, -0.15) is 0 Å². The molecule has 1 unspecified atom stereocenters. The molecule has 0 spiro atoms. The molecule has 2 amide bonds. The second kappa shape index (κ2) is 8.67. The number of hydrogen-bond acceptors (Lipinski definition) is 4. The Bertz CT molecular complexity index is 689. The average molecular weight is 327 g/mol. The van der Waals surface area contributed by atoms with Crippen molar-refractivity contribution in [3.05, 3.63) is 54.2 Å². The van der Waals surface area contributed by atoms with Crippen molar-refractivity contribution in [1.82, 2.24) is 10.3 Å². The van der Waals surface area contributed by atoms with Crippen LogP contribution >= 0.6 is 0 Å². The summed E-state index contributed by atoms with van der Waals surface area (Å²) in [4.78, 5) is 27.9. The van der Waals surface area contributed by atoms with E-state index in [1.807, 2.05) is 31.2 Å². The molecule has 0 saturated heterocycles. The number of carbonyl (C=O) groups is 2. The van der Waals surface area contributed by atoms with E-state index in [4.69, 9.17) is 4.74 Å². The molecule has 2 aromatic rings. The number of pyridine rings is 1. The van der Waals surface area contributed by atoms with Crippen molar-refractivity contribution in [1.29, 1.82) is 0 Å². The largest absolute Gasteiger partial charge is 0.494 e. The molecule has 6 heteroatoms. The molecule has 126 valence electrons. The van der Waals surface area contributed by atoms with Gasteiger partial charge in [0, 0.05) is 18.7 Å². The Labute approximate surface area is 141 Å². The minimum absolute atomic E-state index is 0.0836. The average Bonchev–Trinajstić information content (AvgIpc) is 2.55. The highest BCUT2D eigenvalue weighted by atomic mass is 16.5. The first-order valence-corrected chi connectivity index (χ1v) is 7.80. The van der Waals surface area contributed by atoms with Crippen molar-refractivity contribution in [2.45, 2.75) is 26.3 Å². The summed E-state index contributed by atoms with van der Waals surface area (Å²) in [6.45, 7) is 3.81. The van der Waals surface area contributed by atoms with Crippen LogP contribution in [0, 0.1) is 0 Å². The standard InChI is InChI=1S/C18H21N3O3/c1-3-24-16-9-5-4-8-14(16)15(20-13(2)22)12-18(23)21-17-10-6-7-11-19-17/h4-11,15H,3,12H2,1-2H3,(H,20,22)(H,19,21,23). The Balaban J connectivity index is 2.16. The molecule has 1 atom stereocenters. The highest BCUT2D eigenvalue weighted by Gasteiger charge is 2.20. The minimum Gasteiger partial charge on any atom is -0.494 e. The van der Waals surface area contributed by atoms with Crippen LogP contribution in [0.3, 0.4) is 0 Å². The molecule has 0 aliphatic heterocycles. The quantitative estimate of drug-likeness (QED) is 0.819. The minimum atomic E-state index is -0.478. The first-order chi connectivity index (χ1) is 11.6. The van der Waals surface area contributed by atoms with Crippen molar-refractivity contribution in [3.63, 3.8) is 0 Å². The zero-order chi connectivity index (χ0) is 17.4. The van der Waals surface area contributed by atoms with E-state index >= 15 is 0 Å². The fourth-order valence-corrected chi connectivity index (χ4v) is 2.36. The predicted octanol–water partition coefficient (Wildman–Crippen LogP) is 2.69. The number of benzene rings is 1. The highest BCUT2D eigenvalue weighted by Crippen LogP contribution is 2.27. The fourth-order valence-electron chi connectivity index (χ4n) is 2.36. The maximum absolute atomic E-state index is 12.3. The second-order valence-electron chi connectivity index (χ2n) is 5.19.